The van der Waals surface area contributed by atoms with Crippen LogP contribution in [-0.4, -0.2) is 29.0 Å². The van der Waals surface area contributed by atoms with Crippen molar-refractivity contribution in [2.45, 2.75) is 39.7 Å². The summed E-state index contributed by atoms with van der Waals surface area (Å²) < 4.78 is 0. The second-order valence-corrected chi connectivity index (χ2v) is 3.96. The lowest BCUT2D eigenvalue weighted by molar-refractivity contribution is 0.217. The Labute approximate surface area is 93.3 Å². The highest BCUT2D eigenvalue weighted by molar-refractivity contribution is 5.03. The van der Waals surface area contributed by atoms with Crippen molar-refractivity contribution in [1.82, 2.24) is 9.88 Å². The predicted octanol–water partition coefficient (Wildman–Crippen LogP) is 2.74. The maximum absolute atomic E-state index is 4.34. The topological polar surface area (TPSA) is 16.1 Å². The molecule has 1 aromatic rings. The molecule has 0 spiro atoms. The average molecular weight is 206 g/mol. The molecule has 0 saturated heterocycles. The quantitative estimate of drug-likeness (QED) is 0.711. The first-order valence-corrected chi connectivity index (χ1v) is 5.91. The minimum Gasteiger partial charge on any atom is -0.301 e. The predicted molar refractivity (Wildman–Crippen MR) is 64.9 cm³/mol. The third kappa shape index (κ3) is 4.00. The SMILES string of the molecule is CCC(C)N(CC)CCc1ccccn1. The number of nitrogens with zero attached hydrogens (tertiary/aromatic N) is 2. The third-order valence-corrected chi connectivity index (χ3v) is 3.00. The molecule has 1 unspecified atom stereocenters. The van der Waals surface area contributed by atoms with Gasteiger partial charge < -0.3 is 4.90 Å². The van der Waals surface area contributed by atoms with E-state index < -0.39 is 0 Å². The lowest BCUT2D eigenvalue weighted by atomic mass is 10.2. The Kier molecular flexibility index (Phi) is 5.33. The van der Waals surface area contributed by atoms with Gasteiger partial charge in [0, 0.05) is 30.9 Å². The zero-order valence-corrected chi connectivity index (χ0v) is 10.1. The standard InChI is InChI=1S/C13H22N2/c1-4-12(3)15(5-2)11-9-13-8-6-7-10-14-13/h6-8,10,12H,4-5,9,11H2,1-3H3. The maximum atomic E-state index is 4.34. The molecule has 2 nitrogen and oxygen atoms in total. The Morgan fingerprint density at radius 3 is 2.67 bits per heavy atom. The zero-order valence-electron chi connectivity index (χ0n) is 10.1. The lowest BCUT2D eigenvalue weighted by Gasteiger charge is -2.26. The molecule has 0 aliphatic rings. The summed E-state index contributed by atoms with van der Waals surface area (Å²) >= 11 is 0. The van der Waals surface area contributed by atoms with Gasteiger partial charge in [0.2, 0.25) is 0 Å². The van der Waals surface area contributed by atoms with E-state index in [0.717, 1.165) is 19.5 Å². The third-order valence-electron chi connectivity index (χ3n) is 3.00. The van der Waals surface area contributed by atoms with Crippen LogP contribution in [0.3, 0.4) is 0 Å². The minimum atomic E-state index is 0.679. The van der Waals surface area contributed by atoms with Crippen LogP contribution >= 0.6 is 0 Å². The maximum Gasteiger partial charge on any atom is 0.0416 e. The van der Waals surface area contributed by atoms with Crippen LogP contribution < -0.4 is 0 Å². The average Bonchev–Trinajstić information content (AvgIpc) is 2.31. The van der Waals surface area contributed by atoms with E-state index in [1.807, 2.05) is 12.3 Å². The van der Waals surface area contributed by atoms with Gasteiger partial charge in [-0.3, -0.25) is 4.98 Å². The molecule has 2 heteroatoms. The van der Waals surface area contributed by atoms with Gasteiger partial charge in [0.15, 0.2) is 0 Å². The van der Waals surface area contributed by atoms with Crippen molar-refractivity contribution in [3.05, 3.63) is 30.1 Å². The molecular formula is C13H22N2. The van der Waals surface area contributed by atoms with Crippen LogP contribution in [0.4, 0.5) is 0 Å². The van der Waals surface area contributed by atoms with Gasteiger partial charge in [0.25, 0.3) is 0 Å². The largest absolute Gasteiger partial charge is 0.301 e. The molecule has 0 aliphatic carbocycles. The first-order valence-electron chi connectivity index (χ1n) is 5.91. The summed E-state index contributed by atoms with van der Waals surface area (Å²) in [6.45, 7) is 9.00. The first kappa shape index (κ1) is 12.2. The van der Waals surface area contributed by atoms with Gasteiger partial charge in [0.05, 0.1) is 0 Å². The molecule has 0 aliphatic heterocycles. The fourth-order valence-corrected chi connectivity index (χ4v) is 1.75. The summed E-state index contributed by atoms with van der Waals surface area (Å²) in [4.78, 5) is 6.85. The van der Waals surface area contributed by atoms with Gasteiger partial charge in [-0.2, -0.15) is 0 Å². The van der Waals surface area contributed by atoms with Crippen LogP contribution in [0.2, 0.25) is 0 Å². The van der Waals surface area contributed by atoms with Crippen molar-refractivity contribution in [3.8, 4) is 0 Å². The van der Waals surface area contributed by atoms with Crippen molar-refractivity contribution < 1.29 is 0 Å². The number of pyridine rings is 1. The van der Waals surface area contributed by atoms with E-state index in [9.17, 15) is 0 Å². The van der Waals surface area contributed by atoms with Crippen LogP contribution in [0.1, 0.15) is 32.9 Å². The molecule has 0 amide bonds. The highest BCUT2D eigenvalue weighted by atomic mass is 15.1. The highest BCUT2D eigenvalue weighted by Crippen LogP contribution is 2.05. The second-order valence-electron chi connectivity index (χ2n) is 3.96. The molecule has 1 heterocycles. The van der Waals surface area contributed by atoms with E-state index in [0.29, 0.717) is 6.04 Å². The summed E-state index contributed by atoms with van der Waals surface area (Å²) in [7, 11) is 0. The van der Waals surface area contributed by atoms with E-state index in [1.165, 1.54) is 12.1 Å². The molecule has 84 valence electrons. The summed E-state index contributed by atoms with van der Waals surface area (Å²) in [5.74, 6) is 0. The van der Waals surface area contributed by atoms with E-state index in [4.69, 9.17) is 0 Å². The number of hydrogen-bond donors (Lipinski definition) is 0. The molecule has 15 heavy (non-hydrogen) atoms. The van der Waals surface area contributed by atoms with Gasteiger partial charge in [0.1, 0.15) is 0 Å². The Balaban J connectivity index is 2.41. The normalized spacial score (nSPS) is 13.1. The Bertz CT molecular complexity index is 258. The van der Waals surface area contributed by atoms with Gasteiger partial charge in [-0.15, -0.1) is 0 Å². The van der Waals surface area contributed by atoms with Gasteiger partial charge in [-0.25, -0.2) is 0 Å². The minimum absolute atomic E-state index is 0.679. The molecule has 1 rings (SSSR count). The monoisotopic (exact) mass is 206 g/mol. The van der Waals surface area contributed by atoms with Crippen LogP contribution in [0.5, 0.6) is 0 Å². The number of hydrogen-bond acceptors (Lipinski definition) is 2. The van der Waals surface area contributed by atoms with Gasteiger partial charge in [-0.1, -0.05) is 19.9 Å². The molecule has 0 aromatic carbocycles. The second kappa shape index (κ2) is 6.57. The summed E-state index contributed by atoms with van der Waals surface area (Å²) in [6.07, 6.45) is 4.14. The Morgan fingerprint density at radius 2 is 2.13 bits per heavy atom. The molecule has 1 aromatic heterocycles. The van der Waals surface area contributed by atoms with Gasteiger partial charge in [-0.05, 0) is 32.0 Å². The fraction of sp³-hybridized carbons (Fsp3) is 0.615. The van der Waals surface area contributed by atoms with Crippen LogP contribution in [0.25, 0.3) is 0 Å². The van der Waals surface area contributed by atoms with Gasteiger partial charge >= 0.3 is 0 Å². The fourth-order valence-electron chi connectivity index (χ4n) is 1.75. The van der Waals surface area contributed by atoms with E-state index >= 15 is 0 Å². The molecule has 0 radical (unpaired) electrons. The van der Waals surface area contributed by atoms with E-state index in [2.05, 4.69) is 42.8 Å². The van der Waals surface area contributed by atoms with Crippen molar-refractivity contribution >= 4 is 0 Å². The highest BCUT2D eigenvalue weighted by Gasteiger charge is 2.09. The zero-order chi connectivity index (χ0) is 11.1. The van der Waals surface area contributed by atoms with E-state index in [-0.39, 0.29) is 0 Å². The molecule has 0 fully saturated rings. The number of rotatable bonds is 6. The van der Waals surface area contributed by atoms with Crippen molar-refractivity contribution in [3.63, 3.8) is 0 Å². The van der Waals surface area contributed by atoms with Crippen molar-refractivity contribution in [2.75, 3.05) is 13.1 Å². The van der Waals surface area contributed by atoms with Crippen molar-refractivity contribution in [2.24, 2.45) is 0 Å². The molecular weight excluding hydrogens is 184 g/mol. The lowest BCUT2D eigenvalue weighted by Crippen LogP contribution is -2.34. The van der Waals surface area contributed by atoms with Crippen molar-refractivity contribution in [1.29, 1.82) is 0 Å². The smallest absolute Gasteiger partial charge is 0.0416 e. The molecule has 0 bridgehead atoms. The number of aromatic nitrogens is 1. The molecule has 0 N–H and O–H groups in total. The Hall–Kier alpha value is -0.890. The van der Waals surface area contributed by atoms with Crippen LogP contribution in [-0.2, 0) is 6.42 Å². The number of likely N-dealkylation sites (N-methyl/N-ethyl adjacent to an activating group) is 1. The van der Waals surface area contributed by atoms with Crippen LogP contribution in [0.15, 0.2) is 24.4 Å². The summed E-state index contributed by atoms with van der Waals surface area (Å²) in [6, 6.07) is 6.81. The Morgan fingerprint density at radius 1 is 1.33 bits per heavy atom. The summed E-state index contributed by atoms with van der Waals surface area (Å²) in [5, 5.41) is 0. The molecule has 1 atom stereocenters. The summed E-state index contributed by atoms with van der Waals surface area (Å²) in [5.41, 5.74) is 1.19. The van der Waals surface area contributed by atoms with Crippen LogP contribution in [0, 0.1) is 0 Å². The first-order chi connectivity index (χ1) is 7.27. The molecule has 0 saturated carbocycles. The van der Waals surface area contributed by atoms with E-state index in [1.54, 1.807) is 0 Å².